The maximum absolute atomic E-state index is 10.9. The summed E-state index contributed by atoms with van der Waals surface area (Å²) in [5, 5.41) is 17.1. The fourth-order valence-corrected chi connectivity index (χ4v) is 3.41. The lowest BCUT2D eigenvalue weighted by Gasteiger charge is -2.31. The number of hydrogen-bond donors (Lipinski definition) is 1. The van der Waals surface area contributed by atoms with Crippen molar-refractivity contribution in [3.8, 4) is 0 Å². The fraction of sp³-hybridized carbons (Fsp3) is 0.421. The molecule has 0 unspecified atom stereocenters. The average Bonchev–Trinajstić information content (AvgIpc) is 3.09. The van der Waals surface area contributed by atoms with Gasteiger partial charge < -0.3 is 14.7 Å². The molecule has 9 nitrogen and oxygen atoms in total. The number of fused-ring (bicyclic) bond motifs is 1. The van der Waals surface area contributed by atoms with E-state index < -0.39 is 5.97 Å². The van der Waals surface area contributed by atoms with Crippen LogP contribution in [0.4, 0.5) is 5.95 Å². The van der Waals surface area contributed by atoms with Crippen LogP contribution in [0.5, 0.6) is 0 Å². The maximum Gasteiger partial charge on any atom is 0.338 e. The maximum atomic E-state index is 10.9. The van der Waals surface area contributed by atoms with Crippen molar-refractivity contribution in [2.24, 2.45) is 13.0 Å². The van der Waals surface area contributed by atoms with Gasteiger partial charge in [-0.1, -0.05) is 11.3 Å². The van der Waals surface area contributed by atoms with Crippen LogP contribution in [-0.2, 0) is 18.4 Å². The number of aromatic nitrogens is 5. The van der Waals surface area contributed by atoms with Crippen LogP contribution in [-0.4, -0.2) is 55.7 Å². The Hall–Kier alpha value is -3.07. The molecule has 0 saturated carbocycles. The number of carboxylic acids is 1. The minimum absolute atomic E-state index is 0.103. The Balaban J connectivity index is 1.24. The molecule has 1 saturated heterocycles. The minimum Gasteiger partial charge on any atom is -0.478 e. The number of anilines is 1. The van der Waals surface area contributed by atoms with E-state index in [4.69, 9.17) is 9.84 Å². The zero-order valence-electron chi connectivity index (χ0n) is 15.7. The van der Waals surface area contributed by atoms with Crippen LogP contribution in [0.2, 0.25) is 0 Å². The summed E-state index contributed by atoms with van der Waals surface area (Å²) in [6.45, 7) is 2.95. The Morgan fingerprint density at radius 3 is 2.71 bits per heavy atom. The molecule has 3 aromatic rings. The summed E-state index contributed by atoms with van der Waals surface area (Å²) in [7, 11) is 1.88. The van der Waals surface area contributed by atoms with E-state index in [0.717, 1.165) is 42.5 Å². The predicted octanol–water partition coefficient (Wildman–Crippen LogP) is 1.89. The van der Waals surface area contributed by atoms with E-state index in [0.29, 0.717) is 25.1 Å². The molecule has 3 heterocycles. The Morgan fingerprint density at radius 1 is 1.25 bits per heavy atom. The number of rotatable bonds is 6. The van der Waals surface area contributed by atoms with Crippen molar-refractivity contribution in [1.29, 1.82) is 0 Å². The summed E-state index contributed by atoms with van der Waals surface area (Å²) in [5.74, 6) is 0.0669. The van der Waals surface area contributed by atoms with E-state index in [-0.39, 0.29) is 5.56 Å². The van der Waals surface area contributed by atoms with Crippen LogP contribution in [0.15, 0.2) is 30.6 Å². The molecule has 2 aromatic heterocycles. The Morgan fingerprint density at radius 2 is 2.00 bits per heavy atom. The van der Waals surface area contributed by atoms with Crippen molar-refractivity contribution in [3.05, 3.63) is 41.7 Å². The monoisotopic (exact) mass is 382 g/mol. The van der Waals surface area contributed by atoms with Gasteiger partial charge in [-0.05, 0) is 36.5 Å². The fourth-order valence-electron chi connectivity index (χ4n) is 3.41. The van der Waals surface area contributed by atoms with Gasteiger partial charge in [0.05, 0.1) is 17.7 Å². The molecule has 1 aromatic carbocycles. The lowest BCUT2D eigenvalue weighted by atomic mass is 9.98. The number of ether oxygens (including phenoxy) is 1. The number of aromatic carboxylic acids is 1. The van der Waals surface area contributed by atoms with Crippen molar-refractivity contribution in [3.63, 3.8) is 0 Å². The van der Waals surface area contributed by atoms with Gasteiger partial charge in [0.25, 0.3) is 0 Å². The molecule has 146 valence electrons. The predicted molar refractivity (Wildman–Crippen MR) is 102 cm³/mol. The van der Waals surface area contributed by atoms with E-state index in [2.05, 4.69) is 25.2 Å². The molecule has 1 N–H and O–H groups in total. The number of aryl methyl sites for hydroxylation is 1. The van der Waals surface area contributed by atoms with Gasteiger partial charge in [0, 0.05) is 39.1 Å². The second kappa shape index (κ2) is 7.89. The number of carboxylic acid groups (broad SMARTS) is 1. The molecule has 0 spiro atoms. The van der Waals surface area contributed by atoms with Gasteiger partial charge in [-0.2, -0.15) is 0 Å². The quantitative estimate of drug-likeness (QED) is 0.689. The zero-order valence-corrected chi connectivity index (χ0v) is 15.7. The van der Waals surface area contributed by atoms with Crippen LogP contribution in [0.1, 0.15) is 28.8 Å². The number of benzene rings is 1. The summed E-state index contributed by atoms with van der Waals surface area (Å²) in [5.41, 5.74) is 3.09. The molecule has 1 fully saturated rings. The third kappa shape index (κ3) is 3.94. The third-order valence-electron chi connectivity index (χ3n) is 5.08. The first-order chi connectivity index (χ1) is 13.6. The molecule has 0 amide bonds. The highest BCUT2D eigenvalue weighted by atomic mass is 16.5. The van der Waals surface area contributed by atoms with Crippen LogP contribution in [0.25, 0.3) is 11.0 Å². The number of piperidine rings is 1. The third-order valence-corrected chi connectivity index (χ3v) is 5.08. The van der Waals surface area contributed by atoms with E-state index in [9.17, 15) is 4.79 Å². The highest BCUT2D eigenvalue weighted by molar-refractivity contribution is 5.86. The second-order valence-corrected chi connectivity index (χ2v) is 7.06. The Kier molecular flexibility index (Phi) is 5.16. The highest BCUT2D eigenvalue weighted by Gasteiger charge is 2.21. The van der Waals surface area contributed by atoms with Gasteiger partial charge >= 0.3 is 5.97 Å². The van der Waals surface area contributed by atoms with Crippen molar-refractivity contribution in [1.82, 2.24) is 25.0 Å². The van der Waals surface area contributed by atoms with E-state index in [1.165, 1.54) is 12.4 Å². The molecule has 28 heavy (non-hydrogen) atoms. The standard InChI is InChI=1S/C19H22N6O3/c1-24-17-3-2-14(8-16(17)22-23-24)12-28-11-13-4-6-25(7-5-13)19-20-9-15(10-21-19)18(26)27/h2-3,8-10,13H,4-7,11-12H2,1H3,(H,26,27). The van der Waals surface area contributed by atoms with Gasteiger partial charge in [-0.3, -0.25) is 0 Å². The molecular formula is C19H22N6O3. The number of hydrogen-bond acceptors (Lipinski definition) is 7. The van der Waals surface area contributed by atoms with Crippen LogP contribution >= 0.6 is 0 Å². The molecule has 0 aliphatic carbocycles. The largest absolute Gasteiger partial charge is 0.478 e. The van der Waals surface area contributed by atoms with Gasteiger partial charge in [-0.25, -0.2) is 19.4 Å². The lowest BCUT2D eigenvalue weighted by Crippen LogP contribution is -2.36. The number of nitrogens with zero attached hydrogens (tertiary/aromatic N) is 6. The van der Waals surface area contributed by atoms with Gasteiger partial charge in [0.15, 0.2) is 0 Å². The molecule has 0 radical (unpaired) electrons. The molecular weight excluding hydrogens is 360 g/mol. The van der Waals surface area contributed by atoms with Gasteiger partial charge in [0.1, 0.15) is 5.52 Å². The van der Waals surface area contributed by atoms with Crippen molar-refractivity contribution in [2.75, 3.05) is 24.6 Å². The topological polar surface area (TPSA) is 106 Å². The summed E-state index contributed by atoms with van der Waals surface area (Å²) < 4.78 is 7.68. The SMILES string of the molecule is Cn1nnc2cc(COCC3CCN(c4ncc(C(=O)O)cn4)CC3)ccc21. The first-order valence-electron chi connectivity index (χ1n) is 9.26. The molecule has 0 atom stereocenters. The second-order valence-electron chi connectivity index (χ2n) is 7.06. The van der Waals surface area contributed by atoms with E-state index >= 15 is 0 Å². The molecule has 1 aliphatic heterocycles. The van der Waals surface area contributed by atoms with E-state index in [1.807, 2.05) is 25.2 Å². The average molecular weight is 382 g/mol. The first kappa shape index (κ1) is 18.3. The summed E-state index contributed by atoms with van der Waals surface area (Å²) >= 11 is 0. The lowest BCUT2D eigenvalue weighted by molar-refractivity contribution is 0.0696. The van der Waals surface area contributed by atoms with Crippen molar-refractivity contribution < 1.29 is 14.6 Å². The van der Waals surface area contributed by atoms with Gasteiger partial charge in [-0.15, -0.1) is 5.10 Å². The minimum atomic E-state index is -1.01. The van der Waals surface area contributed by atoms with Crippen LogP contribution < -0.4 is 4.90 Å². The summed E-state index contributed by atoms with van der Waals surface area (Å²) in [4.78, 5) is 21.3. The Bertz CT molecular complexity index is 963. The van der Waals surface area contributed by atoms with Crippen molar-refractivity contribution >= 4 is 23.0 Å². The first-order valence-corrected chi connectivity index (χ1v) is 9.26. The summed E-state index contributed by atoms with van der Waals surface area (Å²) in [6, 6.07) is 6.08. The normalized spacial score (nSPS) is 15.2. The zero-order chi connectivity index (χ0) is 19.5. The van der Waals surface area contributed by atoms with Crippen molar-refractivity contribution in [2.45, 2.75) is 19.4 Å². The summed E-state index contributed by atoms with van der Waals surface area (Å²) in [6.07, 6.45) is 4.70. The molecule has 0 bridgehead atoms. The van der Waals surface area contributed by atoms with E-state index in [1.54, 1.807) is 4.68 Å². The number of carbonyl (C=O) groups is 1. The smallest absolute Gasteiger partial charge is 0.338 e. The molecule has 9 heteroatoms. The van der Waals surface area contributed by atoms with Gasteiger partial charge in [0.2, 0.25) is 5.95 Å². The highest BCUT2D eigenvalue weighted by Crippen LogP contribution is 2.21. The Labute approximate surface area is 162 Å². The molecule has 1 aliphatic rings. The van der Waals surface area contributed by atoms with Crippen LogP contribution in [0.3, 0.4) is 0 Å². The van der Waals surface area contributed by atoms with Crippen LogP contribution in [0, 0.1) is 5.92 Å². The molecule has 4 rings (SSSR count).